The zero-order valence-electron chi connectivity index (χ0n) is 7.04. The van der Waals surface area contributed by atoms with Gasteiger partial charge in [0, 0.05) is 11.9 Å². The molecule has 1 nitrogen and oxygen atoms in total. The first-order valence-corrected chi connectivity index (χ1v) is 4.24. The van der Waals surface area contributed by atoms with E-state index in [0.29, 0.717) is 11.8 Å². The molecular weight excluding hydrogens is 134 g/mol. The fourth-order valence-electron chi connectivity index (χ4n) is 2.03. The summed E-state index contributed by atoms with van der Waals surface area (Å²) in [6, 6.07) is 4.24. The Kier molecular flexibility index (Phi) is 1.45. The molecule has 58 valence electrons. The van der Waals surface area contributed by atoms with Gasteiger partial charge >= 0.3 is 0 Å². The molecular formula is C10H13N. The summed E-state index contributed by atoms with van der Waals surface area (Å²) >= 11 is 0. The van der Waals surface area contributed by atoms with E-state index in [1.807, 2.05) is 12.3 Å². The van der Waals surface area contributed by atoms with E-state index in [1.165, 1.54) is 17.7 Å². The molecule has 1 aromatic heterocycles. The fourth-order valence-corrected chi connectivity index (χ4v) is 2.03. The Morgan fingerprint density at radius 3 is 2.91 bits per heavy atom. The number of pyridine rings is 1. The maximum atomic E-state index is 4.39. The Morgan fingerprint density at radius 2 is 2.18 bits per heavy atom. The van der Waals surface area contributed by atoms with Crippen molar-refractivity contribution in [2.24, 2.45) is 0 Å². The Hall–Kier alpha value is -0.850. The molecule has 11 heavy (non-hydrogen) atoms. The van der Waals surface area contributed by atoms with Crippen molar-refractivity contribution in [3.8, 4) is 0 Å². The number of hydrogen-bond donors (Lipinski definition) is 0. The van der Waals surface area contributed by atoms with Gasteiger partial charge in [-0.1, -0.05) is 19.9 Å². The third-order valence-electron chi connectivity index (χ3n) is 2.58. The van der Waals surface area contributed by atoms with Gasteiger partial charge in [-0.15, -0.1) is 0 Å². The summed E-state index contributed by atoms with van der Waals surface area (Å²) in [5, 5.41) is 0. The van der Waals surface area contributed by atoms with Gasteiger partial charge in [0.25, 0.3) is 0 Å². The smallest absolute Gasteiger partial charge is 0.0466 e. The quantitative estimate of drug-likeness (QED) is 0.549. The van der Waals surface area contributed by atoms with E-state index in [4.69, 9.17) is 0 Å². The Balaban J connectivity index is 2.52. The van der Waals surface area contributed by atoms with Crippen LogP contribution in [0.25, 0.3) is 0 Å². The summed E-state index contributed by atoms with van der Waals surface area (Å²) in [5.74, 6) is 1.38. The van der Waals surface area contributed by atoms with Gasteiger partial charge in [0.15, 0.2) is 0 Å². The molecule has 0 amide bonds. The van der Waals surface area contributed by atoms with E-state index in [-0.39, 0.29) is 0 Å². The van der Waals surface area contributed by atoms with Crippen molar-refractivity contribution in [3.05, 3.63) is 29.6 Å². The van der Waals surface area contributed by atoms with E-state index in [9.17, 15) is 0 Å². The highest BCUT2D eigenvalue weighted by atomic mass is 14.7. The van der Waals surface area contributed by atoms with Gasteiger partial charge < -0.3 is 0 Å². The lowest BCUT2D eigenvalue weighted by Crippen LogP contribution is -1.89. The number of aromatic nitrogens is 1. The minimum Gasteiger partial charge on any atom is -0.261 e. The second-order valence-electron chi connectivity index (χ2n) is 3.52. The minimum atomic E-state index is 0.668. The first-order chi connectivity index (χ1) is 5.29. The van der Waals surface area contributed by atoms with Crippen LogP contribution < -0.4 is 0 Å². The number of fused-ring (bicyclic) bond motifs is 1. The van der Waals surface area contributed by atoms with Crippen LogP contribution in [-0.2, 0) is 0 Å². The molecule has 0 saturated carbocycles. The Labute approximate surface area is 67.5 Å². The van der Waals surface area contributed by atoms with Crippen molar-refractivity contribution in [2.45, 2.75) is 32.1 Å². The van der Waals surface area contributed by atoms with Crippen LogP contribution in [0.15, 0.2) is 18.3 Å². The summed E-state index contributed by atoms with van der Waals surface area (Å²) in [5.41, 5.74) is 2.78. The predicted octanol–water partition coefficient (Wildman–Crippen LogP) is 2.69. The van der Waals surface area contributed by atoms with Crippen LogP contribution in [-0.4, -0.2) is 4.98 Å². The molecule has 1 aromatic rings. The summed E-state index contributed by atoms with van der Waals surface area (Å²) < 4.78 is 0. The molecule has 2 atom stereocenters. The third-order valence-corrected chi connectivity index (χ3v) is 2.58. The molecule has 0 N–H and O–H groups in total. The van der Waals surface area contributed by atoms with E-state index in [2.05, 4.69) is 24.9 Å². The van der Waals surface area contributed by atoms with E-state index in [0.717, 1.165) is 0 Å². The summed E-state index contributed by atoms with van der Waals surface area (Å²) in [6.07, 6.45) is 3.17. The monoisotopic (exact) mass is 147 g/mol. The molecule has 1 aliphatic carbocycles. The van der Waals surface area contributed by atoms with Gasteiger partial charge in [-0.25, -0.2) is 0 Å². The van der Waals surface area contributed by atoms with E-state index >= 15 is 0 Å². The average molecular weight is 147 g/mol. The highest BCUT2D eigenvalue weighted by molar-refractivity contribution is 5.31. The van der Waals surface area contributed by atoms with Gasteiger partial charge in [0.1, 0.15) is 0 Å². The topological polar surface area (TPSA) is 12.9 Å². The lowest BCUT2D eigenvalue weighted by Gasteiger charge is -2.00. The maximum absolute atomic E-state index is 4.39. The molecule has 0 spiro atoms. The molecule has 0 fully saturated rings. The lowest BCUT2D eigenvalue weighted by atomic mass is 10.1. The van der Waals surface area contributed by atoms with Crippen LogP contribution in [0.5, 0.6) is 0 Å². The first kappa shape index (κ1) is 6.84. The lowest BCUT2D eigenvalue weighted by molar-refractivity contribution is 0.655. The summed E-state index contributed by atoms with van der Waals surface area (Å²) in [6.45, 7) is 4.54. The highest BCUT2D eigenvalue weighted by Crippen LogP contribution is 2.39. The Bertz CT molecular complexity index is 240. The largest absolute Gasteiger partial charge is 0.261 e. The summed E-state index contributed by atoms with van der Waals surface area (Å²) in [4.78, 5) is 4.39. The number of hydrogen-bond acceptors (Lipinski definition) is 1. The molecule has 1 aliphatic rings. The SMILES string of the molecule is C[C@@H]1C[C@H](C)c2cccnc21. The average Bonchev–Trinajstić information content (AvgIpc) is 2.30. The maximum Gasteiger partial charge on any atom is 0.0466 e. The minimum absolute atomic E-state index is 0.668. The zero-order chi connectivity index (χ0) is 7.84. The van der Waals surface area contributed by atoms with Crippen LogP contribution >= 0.6 is 0 Å². The van der Waals surface area contributed by atoms with Crippen LogP contribution in [0.1, 0.15) is 43.4 Å². The molecule has 2 rings (SSSR count). The molecule has 0 bridgehead atoms. The standard InChI is InChI=1S/C10H13N/c1-7-6-8(2)10-9(7)4-3-5-11-10/h3-5,7-8H,6H2,1-2H3/t7-,8+/m0/s1. The van der Waals surface area contributed by atoms with Gasteiger partial charge in [-0.2, -0.15) is 0 Å². The van der Waals surface area contributed by atoms with Gasteiger partial charge in [-0.3, -0.25) is 4.98 Å². The molecule has 0 unspecified atom stereocenters. The Morgan fingerprint density at radius 1 is 1.36 bits per heavy atom. The van der Waals surface area contributed by atoms with Crippen molar-refractivity contribution >= 4 is 0 Å². The number of rotatable bonds is 0. The van der Waals surface area contributed by atoms with Gasteiger partial charge in [-0.05, 0) is 29.9 Å². The molecule has 0 saturated heterocycles. The van der Waals surface area contributed by atoms with Gasteiger partial charge in [0.05, 0.1) is 0 Å². The van der Waals surface area contributed by atoms with Crippen molar-refractivity contribution < 1.29 is 0 Å². The fraction of sp³-hybridized carbons (Fsp3) is 0.500. The normalized spacial score (nSPS) is 28.5. The van der Waals surface area contributed by atoms with Crippen molar-refractivity contribution in [3.63, 3.8) is 0 Å². The summed E-state index contributed by atoms with van der Waals surface area (Å²) in [7, 11) is 0. The van der Waals surface area contributed by atoms with E-state index < -0.39 is 0 Å². The first-order valence-electron chi connectivity index (χ1n) is 4.24. The van der Waals surface area contributed by atoms with Crippen LogP contribution in [0.4, 0.5) is 0 Å². The van der Waals surface area contributed by atoms with Crippen LogP contribution in [0.3, 0.4) is 0 Å². The second-order valence-corrected chi connectivity index (χ2v) is 3.52. The molecule has 0 radical (unpaired) electrons. The molecule has 0 aliphatic heterocycles. The van der Waals surface area contributed by atoms with Crippen LogP contribution in [0, 0.1) is 0 Å². The number of nitrogens with zero attached hydrogens (tertiary/aromatic N) is 1. The van der Waals surface area contributed by atoms with Crippen molar-refractivity contribution in [1.82, 2.24) is 4.98 Å². The predicted molar refractivity (Wildman–Crippen MR) is 45.7 cm³/mol. The third kappa shape index (κ3) is 0.953. The zero-order valence-corrected chi connectivity index (χ0v) is 7.04. The van der Waals surface area contributed by atoms with E-state index in [1.54, 1.807) is 0 Å². The van der Waals surface area contributed by atoms with Crippen molar-refractivity contribution in [2.75, 3.05) is 0 Å². The molecule has 0 aromatic carbocycles. The highest BCUT2D eigenvalue weighted by Gasteiger charge is 2.25. The van der Waals surface area contributed by atoms with Crippen LogP contribution in [0.2, 0.25) is 0 Å². The molecule has 1 heterocycles. The molecule has 1 heteroatoms. The second kappa shape index (κ2) is 2.33. The van der Waals surface area contributed by atoms with Crippen molar-refractivity contribution in [1.29, 1.82) is 0 Å². The van der Waals surface area contributed by atoms with Gasteiger partial charge in [0.2, 0.25) is 0 Å².